The maximum Gasteiger partial charge on any atom is 0.240 e. The van der Waals surface area contributed by atoms with Crippen molar-refractivity contribution in [3.8, 4) is 16.9 Å². The lowest BCUT2D eigenvalue weighted by Gasteiger charge is -2.09. The molecule has 24 heavy (non-hydrogen) atoms. The first-order valence-electron chi connectivity index (χ1n) is 7.39. The molecule has 0 aliphatic carbocycles. The fourth-order valence-electron chi connectivity index (χ4n) is 2.38. The number of phenols is 1. The fraction of sp³-hybridized carbons (Fsp3) is 0.0526. The Labute approximate surface area is 141 Å². The first-order chi connectivity index (χ1) is 11.6. The van der Waals surface area contributed by atoms with Crippen LogP contribution in [0.5, 0.6) is 5.75 Å². The standard InChI is InChI=1S/C19H16NO3S/c21-19-12-5-4-11-18(19)16-8-6-7-15(13-16)14-20-24(22,23)17-9-2-1-3-10-17/h1-4,6-13,20-21H,14H2. The molecule has 2 N–H and O–H groups in total. The molecule has 0 spiro atoms. The highest BCUT2D eigenvalue weighted by molar-refractivity contribution is 7.89. The van der Waals surface area contributed by atoms with Crippen molar-refractivity contribution in [2.45, 2.75) is 11.4 Å². The summed E-state index contributed by atoms with van der Waals surface area (Å²) < 4.78 is 27.1. The Hall–Kier alpha value is -2.63. The highest BCUT2D eigenvalue weighted by atomic mass is 32.2. The van der Waals surface area contributed by atoms with E-state index in [1.165, 1.54) is 6.07 Å². The topological polar surface area (TPSA) is 66.4 Å². The Balaban J connectivity index is 1.80. The van der Waals surface area contributed by atoms with Gasteiger partial charge in [0.1, 0.15) is 5.75 Å². The first kappa shape index (κ1) is 16.2. The van der Waals surface area contributed by atoms with Crippen molar-refractivity contribution in [3.05, 3.63) is 84.4 Å². The van der Waals surface area contributed by atoms with Gasteiger partial charge in [-0.3, -0.25) is 0 Å². The van der Waals surface area contributed by atoms with Crippen LogP contribution in [0.15, 0.2) is 77.7 Å². The summed E-state index contributed by atoms with van der Waals surface area (Å²) in [6, 6.07) is 23.4. The molecule has 0 fully saturated rings. The smallest absolute Gasteiger partial charge is 0.240 e. The summed E-state index contributed by atoms with van der Waals surface area (Å²) >= 11 is 0. The normalized spacial score (nSPS) is 11.3. The van der Waals surface area contributed by atoms with Crippen LogP contribution in [0.4, 0.5) is 0 Å². The average Bonchev–Trinajstić information content (AvgIpc) is 2.61. The van der Waals surface area contributed by atoms with Gasteiger partial charge < -0.3 is 5.11 Å². The molecular formula is C19H16NO3S. The molecule has 121 valence electrons. The van der Waals surface area contributed by atoms with Gasteiger partial charge in [-0.05, 0) is 41.5 Å². The van der Waals surface area contributed by atoms with Gasteiger partial charge in [-0.1, -0.05) is 48.5 Å². The minimum atomic E-state index is -3.55. The van der Waals surface area contributed by atoms with Crippen molar-refractivity contribution in [2.24, 2.45) is 0 Å². The average molecular weight is 338 g/mol. The van der Waals surface area contributed by atoms with Crippen molar-refractivity contribution in [1.82, 2.24) is 4.72 Å². The molecule has 0 aliphatic rings. The lowest BCUT2D eigenvalue weighted by atomic mass is 10.0. The summed E-state index contributed by atoms with van der Waals surface area (Å²) in [6.45, 7) is 0.171. The number of nitrogens with one attached hydrogen (secondary N) is 1. The van der Waals surface area contributed by atoms with E-state index in [0.29, 0.717) is 5.56 Å². The van der Waals surface area contributed by atoms with Gasteiger partial charge in [0.2, 0.25) is 10.0 Å². The van der Waals surface area contributed by atoms with Crippen LogP contribution < -0.4 is 4.72 Å². The third kappa shape index (κ3) is 3.64. The molecule has 0 heterocycles. The second-order valence-corrected chi connectivity index (χ2v) is 7.05. The Morgan fingerprint density at radius 1 is 1.00 bits per heavy atom. The van der Waals surface area contributed by atoms with Crippen LogP contribution in [0.3, 0.4) is 0 Å². The Morgan fingerprint density at radius 2 is 1.79 bits per heavy atom. The summed E-state index contributed by atoms with van der Waals surface area (Å²) in [5.74, 6) is 0.138. The second-order valence-electron chi connectivity index (χ2n) is 5.28. The van der Waals surface area contributed by atoms with E-state index in [2.05, 4.69) is 10.8 Å². The number of aromatic hydroxyl groups is 1. The number of sulfonamides is 1. The summed E-state index contributed by atoms with van der Waals surface area (Å²) in [5.41, 5.74) is 2.30. The van der Waals surface area contributed by atoms with Gasteiger partial charge in [0.25, 0.3) is 0 Å². The van der Waals surface area contributed by atoms with E-state index in [-0.39, 0.29) is 17.2 Å². The molecule has 5 heteroatoms. The molecular weight excluding hydrogens is 322 g/mol. The molecule has 0 amide bonds. The van der Waals surface area contributed by atoms with Gasteiger partial charge in [-0.15, -0.1) is 0 Å². The van der Waals surface area contributed by atoms with Gasteiger partial charge >= 0.3 is 0 Å². The molecule has 0 saturated heterocycles. The van der Waals surface area contributed by atoms with Crippen LogP contribution in [-0.2, 0) is 16.6 Å². The predicted octanol–water partition coefficient (Wildman–Crippen LogP) is 3.34. The van der Waals surface area contributed by atoms with Crippen molar-refractivity contribution in [2.75, 3.05) is 0 Å². The van der Waals surface area contributed by atoms with Crippen LogP contribution >= 0.6 is 0 Å². The van der Waals surface area contributed by atoms with Crippen molar-refractivity contribution in [3.63, 3.8) is 0 Å². The summed E-state index contributed by atoms with van der Waals surface area (Å²) in [4.78, 5) is 0.234. The Morgan fingerprint density at radius 3 is 2.54 bits per heavy atom. The number of rotatable bonds is 5. The molecule has 3 aromatic rings. The highest BCUT2D eigenvalue weighted by Crippen LogP contribution is 2.28. The van der Waals surface area contributed by atoms with Crippen LogP contribution in [-0.4, -0.2) is 13.5 Å². The molecule has 1 radical (unpaired) electrons. The third-order valence-electron chi connectivity index (χ3n) is 3.60. The van der Waals surface area contributed by atoms with Crippen LogP contribution in [0.1, 0.15) is 5.56 Å². The summed E-state index contributed by atoms with van der Waals surface area (Å²) in [7, 11) is -3.55. The van der Waals surface area contributed by atoms with E-state index in [9.17, 15) is 13.5 Å². The van der Waals surface area contributed by atoms with Crippen molar-refractivity contribution >= 4 is 10.0 Å². The Bertz CT molecular complexity index is 938. The minimum Gasteiger partial charge on any atom is -0.507 e. The SMILES string of the molecule is O=S(=O)(NCc1cccc(-c2cc[c]cc2O)c1)c1ccccc1. The molecule has 0 bridgehead atoms. The van der Waals surface area contributed by atoms with E-state index >= 15 is 0 Å². The van der Waals surface area contributed by atoms with E-state index in [1.807, 2.05) is 24.3 Å². The zero-order valence-electron chi connectivity index (χ0n) is 12.8. The van der Waals surface area contributed by atoms with Gasteiger partial charge in [0.05, 0.1) is 4.90 Å². The van der Waals surface area contributed by atoms with Crippen LogP contribution in [0.25, 0.3) is 11.1 Å². The minimum absolute atomic E-state index is 0.138. The maximum absolute atomic E-state index is 12.3. The van der Waals surface area contributed by atoms with E-state index < -0.39 is 10.0 Å². The highest BCUT2D eigenvalue weighted by Gasteiger charge is 2.13. The van der Waals surface area contributed by atoms with E-state index in [1.54, 1.807) is 42.5 Å². The van der Waals surface area contributed by atoms with E-state index in [0.717, 1.165) is 11.1 Å². The molecule has 3 rings (SSSR count). The number of hydrogen-bond acceptors (Lipinski definition) is 3. The van der Waals surface area contributed by atoms with Gasteiger partial charge in [-0.25, -0.2) is 13.1 Å². The van der Waals surface area contributed by atoms with Gasteiger partial charge in [0, 0.05) is 12.1 Å². The third-order valence-corrected chi connectivity index (χ3v) is 5.02. The zero-order valence-corrected chi connectivity index (χ0v) is 13.6. The molecule has 0 aliphatic heterocycles. The fourth-order valence-corrected chi connectivity index (χ4v) is 3.41. The number of hydrogen-bond donors (Lipinski definition) is 2. The Kier molecular flexibility index (Phi) is 4.64. The molecule has 3 aromatic carbocycles. The summed E-state index contributed by atoms with van der Waals surface area (Å²) in [6.07, 6.45) is 0. The van der Waals surface area contributed by atoms with Gasteiger partial charge in [-0.2, -0.15) is 0 Å². The van der Waals surface area contributed by atoms with Gasteiger partial charge in [0.15, 0.2) is 0 Å². The molecule has 0 aromatic heterocycles. The number of benzene rings is 3. The van der Waals surface area contributed by atoms with Crippen LogP contribution in [0, 0.1) is 6.07 Å². The maximum atomic E-state index is 12.3. The summed E-state index contributed by atoms with van der Waals surface area (Å²) in [5, 5.41) is 9.92. The molecule has 0 atom stereocenters. The molecule has 0 unspecified atom stereocenters. The number of phenolic OH excluding ortho intramolecular Hbond substituents is 1. The second kappa shape index (κ2) is 6.86. The largest absolute Gasteiger partial charge is 0.507 e. The molecule has 4 nitrogen and oxygen atoms in total. The van der Waals surface area contributed by atoms with Crippen LogP contribution in [0.2, 0.25) is 0 Å². The van der Waals surface area contributed by atoms with E-state index in [4.69, 9.17) is 0 Å². The zero-order chi connectivity index (χ0) is 17.0. The lowest BCUT2D eigenvalue weighted by Crippen LogP contribution is -2.23. The quantitative estimate of drug-likeness (QED) is 0.750. The predicted molar refractivity (Wildman–Crippen MR) is 92.8 cm³/mol. The van der Waals surface area contributed by atoms with Crippen molar-refractivity contribution < 1.29 is 13.5 Å². The van der Waals surface area contributed by atoms with Crippen molar-refractivity contribution in [1.29, 1.82) is 0 Å². The molecule has 0 saturated carbocycles. The first-order valence-corrected chi connectivity index (χ1v) is 8.88. The monoisotopic (exact) mass is 338 g/mol. The lowest BCUT2D eigenvalue weighted by molar-refractivity contribution is 0.477.